The van der Waals surface area contributed by atoms with Gasteiger partial charge in [-0.25, -0.2) is 0 Å². The zero-order valence-electron chi connectivity index (χ0n) is 8.72. The number of unbranched alkanes of at least 4 members (excludes halogenated alkanes) is 5. The lowest BCUT2D eigenvalue weighted by molar-refractivity contribution is 0.581. The minimum atomic E-state index is 0. The van der Waals surface area contributed by atoms with E-state index in [1.165, 1.54) is 45.1 Å². The van der Waals surface area contributed by atoms with E-state index < -0.39 is 0 Å². The molecule has 0 unspecified atom stereocenters. The molecule has 0 heterocycles. The Labute approximate surface area is 94.9 Å². The van der Waals surface area contributed by atoms with E-state index in [1.807, 2.05) is 0 Å². The fourth-order valence-electron chi connectivity index (χ4n) is 1.23. The van der Waals surface area contributed by atoms with Crippen molar-refractivity contribution in [1.82, 2.24) is 5.32 Å². The molecule has 0 spiro atoms. The fourth-order valence-corrected chi connectivity index (χ4v) is 1.39. The minimum absolute atomic E-state index is 0. The number of rotatable bonds is 9. The van der Waals surface area contributed by atoms with Gasteiger partial charge in [0.25, 0.3) is 0 Å². The van der Waals surface area contributed by atoms with E-state index >= 15 is 0 Å². The maximum absolute atomic E-state index is 4.13. The largest absolute Gasteiger partial charge is 0.316 e. The lowest BCUT2D eigenvalue weighted by atomic mass is 10.1. The maximum atomic E-state index is 4.13. The van der Waals surface area contributed by atoms with Crippen LogP contribution in [-0.2, 0) is 0 Å². The molecule has 0 rings (SSSR count). The summed E-state index contributed by atoms with van der Waals surface area (Å²) in [5.41, 5.74) is 0. The lowest BCUT2D eigenvalue weighted by Gasteiger charge is -2.02. The topological polar surface area (TPSA) is 12.0 Å². The van der Waals surface area contributed by atoms with Crippen LogP contribution in [0.1, 0.15) is 45.4 Å². The molecule has 0 aliphatic carbocycles. The zero-order valence-corrected chi connectivity index (χ0v) is 10.4. The van der Waals surface area contributed by atoms with E-state index in [4.69, 9.17) is 0 Å². The third kappa shape index (κ3) is 15.4. The summed E-state index contributed by atoms with van der Waals surface area (Å²) < 4.78 is 0. The van der Waals surface area contributed by atoms with Crippen LogP contribution in [0.25, 0.3) is 0 Å². The quantitative estimate of drug-likeness (QED) is 0.454. The Hall–Kier alpha value is 0.600. The number of thiol groups is 1. The van der Waals surface area contributed by atoms with Gasteiger partial charge in [0.1, 0.15) is 0 Å². The van der Waals surface area contributed by atoms with Gasteiger partial charge in [0.2, 0.25) is 0 Å². The first kappa shape index (κ1) is 16.0. The van der Waals surface area contributed by atoms with Crippen molar-refractivity contribution in [2.75, 3.05) is 18.8 Å². The third-order valence-electron chi connectivity index (χ3n) is 2.00. The predicted octanol–water partition coefficient (Wildman–Crippen LogP) is 3.29. The molecule has 0 bridgehead atoms. The molecular weight excluding hydrogens is 202 g/mol. The van der Waals surface area contributed by atoms with Gasteiger partial charge in [-0.05, 0) is 13.0 Å². The van der Waals surface area contributed by atoms with E-state index in [0.29, 0.717) is 0 Å². The molecule has 1 nitrogen and oxygen atoms in total. The third-order valence-corrected chi connectivity index (χ3v) is 2.22. The van der Waals surface area contributed by atoms with Crippen LogP contribution in [0, 0.1) is 0 Å². The van der Waals surface area contributed by atoms with Crippen LogP contribution >= 0.6 is 25.0 Å². The Balaban J connectivity index is 0. The molecule has 0 saturated heterocycles. The van der Waals surface area contributed by atoms with Crippen molar-refractivity contribution in [3.63, 3.8) is 0 Å². The predicted molar refractivity (Wildman–Crippen MR) is 67.3 cm³/mol. The second-order valence-electron chi connectivity index (χ2n) is 3.24. The highest BCUT2D eigenvalue weighted by Gasteiger charge is 1.89. The molecule has 1 N–H and O–H groups in total. The van der Waals surface area contributed by atoms with Gasteiger partial charge >= 0.3 is 0 Å². The summed E-state index contributed by atoms with van der Waals surface area (Å²) in [5, 5.41) is 3.35. The summed E-state index contributed by atoms with van der Waals surface area (Å²) in [6, 6.07) is 0. The molecule has 0 aromatic heterocycles. The van der Waals surface area contributed by atoms with Gasteiger partial charge in [-0.3, -0.25) is 0 Å². The monoisotopic (exact) mass is 225 g/mol. The summed E-state index contributed by atoms with van der Waals surface area (Å²) in [6.45, 7) is 4.49. The molecule has 0 atom stereocenters. The van der Waals surface area contributed by atoms with E-state index in [9.17, 15) is 0 Å². The first-order valence-corrected chi connectivity index (χ1v) is 5.86. The van der Waals surface area contributed by atoms with Gasteiger partial charge in [0.15, 0.2) is 0 Å². The van der Waals surface area contributed by atoms with Crippen LogP contribution in [0.5, 0.6) is 0 Å². The Morgan fingerprint density at radius 1 is 0.923 bits per heavy atom. The fraction of sp³-hybridized carbons (Fsp3) is 1.00. The van der Waals surface area contributed by atoms with E-state index in [0.717, 1.165) is 12.3 Å². The van der Waals surface area contributed by atoms with Crippen molar-refractivity contribution < 1.29 is 0 Å². The molecule has 0 aromatic carbocycles. The number of hydrogen-bond acceptors (Lipinski definition) is 2. The molecule has 0 aliphatic heterocycles. The molecule has 0 aromatic rings. The van der Waals surface area contributed by atoms with Crippen molar-refractivity contribution in [3.8, 4) is 0 Å². The molecule has 82 valence electrons. The van der Waals surface area contributed by atoms with Crippen LogP contribution in [-0.4, -0.2) is 18.8 Å². The van der Waals surface area contributed by atoms with Gasteiger partial charge in [-0.1, -0.05) is 39.0 Å². The van der Waals surface area contributed by atoms with Gasteiger partial charge < -0.3 is 5.32 Å². The van der Waals surface area contributed by atoms with Crippen LogP contribution in [0.3, 0.4) is 0 Å². The molecule has 13 heavy (non-hydrogen) atoms. The average molecular weight is 226 g/mol. The highest BCUT2D eigenvalue weighted by atomic mass is 35.5. The van der Waals surface area contributed by atoms with Gasteiger partial charge in [-0.2, -0.15) is 12.6 Å². The molecule has 0 saturated carbocycles. The van der Waals surface area contributed by atoms with Gasteiger partial charge in [0.05, 0.1) is 0 Å². The maximum Gasteiger partial charge on any atom is 0.00397 e. The highest BCUT2D eigenvalue weighted by Crippen LogP contribution is 2.03. The molecule has 0 fully saturated rings. The first-order chi connectivity index (χ1) is 5.91. The van der Waals surface area contributed by atoms with Crippen LogP contribution in [0.2, 0.25) is 0 Å². The van der Waals surface area contributed by atoms with Crippen LogP contribution in [0.4, 0.5) is 0 Å². The molecule has 0 radical (unpaired) electrons. The summed E-state index contributed by atoms with van der Waals surface area (Å²) in [7, 11) is 0. The standard InChI is InChI=1S/C10H23NS.ClH/c1-2-3-4-5-6-7-8-11-9-10-12;/h11-12H,2-10H2,1H3;1H. The summed E-state index contributed by atoms with van der Waals surface area (Å²) in [4.78, 5) is 0. The second-order valence-corrected chi connectivity index (χ2v) is 3.69. The first-order valence-electron chi connectivity index (χ1n) is 5.23. The normalized spacial score (nSPS) is 9.69. The molecule has 0 amide bonds. The summed E-state index contributed by atoms with van der Waals surface area (Å²) in [5.74, 6) is 0.954. The van der Waals surface area contributed by atoms with Gasteiger partial charge in [-0.15, -0.1) is 12.4 Å². The Morgan fingerprint density at radius 3 is 2.15 bits per heavy atom. The zero-order chi connectivity index (χ0) is 9.07. The summed E-state index contributed by atoms with van der Waals surface area (Å²) >= 11 is 4.13. The van der Waals surface area contributed by atoms with E-state index in [-0.39, 0.29) is 12.4 Å². The Kier molecular flexibility index (Phi) is 18.6. The van der Waals surface area contributed by atoms with E-state index in [1.54, 1.807) is 0 Å². The number of hydrogen-bond donors (Lipinski definition) is 2. The molecule has 0 aliphatic rings. The Morgan fingerprint density at radius 2 is 1.54 bits per heavy atom. The molecular formula is C10H24ClNS. The smallest absolute Gasteiger partial charge is 0.00397 e. The molecule has 3 heteroatoms. The number of nitrogens with one attached hydrogen (secondary N) is 1. The second kappa shape index (κ2) is 15.1. The Bertz CT molecular complexity index is 71.3. The van der Waals surface area contributed by atoms with Crippen LogP contribution < -0.4 is 5.32 Å². The average Bonchev–Trinajstić information content (AvgIpc) is 2.10. The number of halogens is 1. The van der Waals surface area contributed by atoms with Crippen molar-refractivity contribution in [2.24, 2.45) is 0 Å². The van der Waals surface area contributed by atoms with Crippen molar-refractivity contribution in [2.45, 2.75) is 45.4 Å². The summed E-state index contributed by atoms with van der Waals surface area (Å²) in [6.07, 6.45) is 8.30. The van der Waals surface area contributed by atoms with Crippen LogP contribution in [0.15, 0.2) is 0 Å². The van der Waals surface area contributed by atoms with Crippen molar-refractivity contribution >= 4 is 25.0 Å². The lowest BCUT2D eigenvalue weighted by Crippen LogP contribution is -2.17. The highest BCUT2D eigenvalue weighted by molar-refractivity contribution is 7.80. The van der Waals surface area contributed by atoms with E-state index in [2.05, 4.69) is 24.9 Å². The SMILES string of the molecule is CCCCCCCCNCCS.Cl. The van der Waals surface area contributed by atoms with Crippen molar-refractivity contribution in [1.29, 1.82) is 0 Å². The minimum Gasteiger partial charge on any atom is -0.316 e. The van der Waals surface area contributed by atoms with Crippen molar-refractivity contribution in [3.05, 3.63) is 0 Å². The van der Waals surface area contributed by atoms with Gasteiger partial charge in [0, 0.05) is 12.3 Å².